The minimum Gasteiger partial charge on any atom is -0.362 e. The Morgan fingerprint density at radius 3 is 2.48 bits per heavy atom. The first-order valence-corrected chi connectivity index (χ1v) is 9.08. The molecule has 1 aliphatic carbocycles. The standard InChI is InChI=1S/C21H18FN5/c22-17-9-5-4-8-16(17)21-25-24-19-13-12-18(26-27(19)21)23-20(15-10-11-15)14-6-2-1-3-7-14/h1-9,12-13,15,20H,10-11H2,(H,23,26). The van der Waals surface area contributed by atoms with Gasteiger partial charge in [0.15, 0.2) is 11.5 Å². The molecule has 1 saturated carbocycles. The van der Waals surface area contributed by atoms with Gasteiger partial charge in [-0.1, -0.05) is 42.5 Å². The molecule has 0 amide bonds. The summed E-state index contributed by atoms with van der Waals surface area (Å²) in [5.74, 6) is 1.39. The summed E-state index contributed by atoms with van der Waals surface area (Å²) in [5.41, 5.74) is 2.22. The number of aromatic nitrogens is 4. The second kappa shape index (κ2) is 6.46. The predicted molar refractivity (Wildman–Crippen MR) is 102 cm³/mol. The molecule has 0 saturated heterocycles. The van der Waals surface area contributed by atoms with Crippen LogP contribution in [0.15, 0.2) is 66.7 Å². The van der Waals surface area contributed by atoms with Gasteiger partial charge in [-0.3, -0.25) is 0 Å². The summed E-state index contributed by atoms with van der Waals surface area (Å²) in [4.78, 5) is 0. The van der Waals surface area contributed by atoms with Crippen LogP contribution in [0.3, 0.4) is 0 Å². The van der Waals surface area contributed by atoms with E-state index in [4.69, 9.17) is 0 Å². The zero-order chi connectivity index (χ0) is 18.2. The van der Waals surface area contributed by atoms with Gasteiger partial charge >= 0.3 is 0 Å². The quantitative estimate of drug-likeness (QED) is 0.570. The third kappa shape index (κ3) is 3.03. The predicted octanol–water partition coefficient (Wildman–Crippen LogP) is 4.49. The van der Waals surface area contributed by atoms with Crippen molar-refractivity contribution in [3.63, 3.8) is 0 Å². The van der Waals surface area contributed by atoms with Crippen molar-refractivity contribution in [1.29, 1.82) is 0 Å². The maximum atomic E-state index is 14.2. The van der Waals surface area contributed by atoms with E-state index in [2.05, 4.69) is 44.9 Å². The summed E-state index contributed by atoms with van der Waals surface area (Å²) in [6.07, 6.45) is 2.42. The molecule has 4 aromatic rings. The van der Waals surface area contributed by atoms with Crippen molar-refractivity contribution < 1.29 is 4.39 Å². The van der Waals surface area contributed by atoms with E-state index in [9.17, 15) is 4.39 Å². The lowest BCUT2D eigenvalue weighted by atomic mass is 10.0. The number of fused-ring (bicyclic) bond motifs is 1. The number of hydrogen-bond acceptors (Lipinski definition) is 4. The smallest absolute Gasteiger partial charge is 0.188 e. The van der Waals surface area contributed by atoms with E-state index in [0.717, 1.165) is 5.82 Å². The first kappa shape index (κ1) is 15.9. The zero-order valence-electron chi connectivity index (χ0n) is 14.6. The van der Waals surface area contributed by atoms with Gasteiger partial charge in [0.2, 0.25) is 0 Å². The van der Waals surface area contributed by atoms with Gasteiger partial charge in [0, 0.05) is 0 Å². The van der Waals surface area contributed by atoms with Gasteiger partial charge in [-0.2, -0.15) is 4.52 Å². The lowest BCUT2D eigenvalue weighted by Crippen LogP contribution is -2.14. The molecule has 1 N–H and O–H groups in total. The summed E-state index contributed by atoms with van der Waals surface area (Å²) in [5, 5.41) is 16.4. The Morgan fingerprint density at radius 1 is 0.926 bits per heavy atom. The molecule has 6 heteroatoms. The van der Waals surface area contributed by atoms with Gasteiger partial charge in [-0.15, -0.1) is 15.3 Å². The van der Waals surface area contributed by atoms with Crippen molar-refractivity contribution in [2.24, 2.45) is 5.92 Å². The molecule has 2 aromatic carbocycles. The van der Waals surface area contributed by atoms with Crippen LogP contribution in [0.25, 0.3) is 17.0 Å². The molecule has 0 radical (unpaired) electrons. The van der Waals surface area contributed by atoms with Crippen LogP contribution < -0.4 is 5.32 Å². The second-order valence-corrected chi connectivity index (χ2v) is 6.86. The van der Waals surface area contributed by atoms with E-state index in [-0.39, 0.29) is 11.9 Å². The SMILES string of the molecule is Fc1ccccc1-c1nnc2ccc(NC(c3ccccc3)C3CC3)nn12. The Kier molecular flexibility index (Phi) is 3.81. The van der Waals surface area contributed by atoms with Gasteiger partial charge in [-0.25, -0.2) is 4.39 Å². The van der Waals surface area contributed by atoms with E-state index in [1.807, 2.05) is 18.2 Å². The van der Waals surface area contributed by atoms with Crippen LogP contribution in [0.5, 0.6) is 0 Å². The monoisotopic (exact) mass is 359 g/mol. The highest BCUT2D eigenvalue weighted by atomic mass is 19.1. The largest absolute Gasteiger partial charge is 0.362 e. The summed E-state index contributed by atoms with van der Waals surface area (Å²) in [7, 11) is 0. The molecule has 0 aliphatic heterocycles. The Bertz CT molecular complexity index is 1090. The van der Waals surface area contributed by atoms with Crippen molar-refractivity contribution in [3.8, 4) is 11.4 Å². The number of benzene rings is 2. The fourth-order valence-corrected chi connectivity index (χ4v) is 3.40. The number of anilines is 1. The van der Waals surface area contributed by atoms with Crippen LogP contribution in [0.1, 0.15) is 24.4 Å². The van der Waals surface area contributed by atoms with E-state index >= 15 is 0 Å². The Hall–Kier alpha value is -3.28. The van der Waals surface area contributed by atoms with Crippen LogP contribution in [-0.4, -0.2) is 19.8 Å². The van der Waals surface area contributed by atoms with Crippen LogP contribution in [0.4, 0.5) is 10.2 Å². The lowest BCUT2D eigenvalue weighted by molar-refractivity contribution is 0.629. The fourth-order valence-electron chi connectivity index (χ4n) is 3.40. The van der Waals surface area contributed by atoms with Crippen molar-refractivity contribution >= 4 is 11.5 Å². The fraction of sp³-hybridized carbons (Fsp3) is 0.190. The van der Waals surface area contributed by atoms with Crippen molar-refractivity contribution in [2.75, 3.05) is 5.32 Å². The van der Waals surface area contributed by atoms with Crippen molar-refractivity contribution in [3.05, 3.63) is 78.1 Å². The molecule has 2 heterocycles. The molecule has 1 aliphatic rings. The number of rotatable bonds is 5. The van der Waals surface area contributed by atoms with Gasteiger partial charge < -0.3 is 5.32 Å². The maximum absolute atomic E-state index is 14.2. The average Bonchev–Trinajstić information content (AvgIpc) is 3.47. The second-order valence-electron chi connectivity index (χ2n) is 6.86. The van der Waals surface area contributed by atoms with Crippen LogP contribution in [-0.2, 0) is 0 Å². The molecule has 5 rings (SSSR count). The Morgan fingerprint density at radius 2 is 1.70 bits per heavy atom. The number of nitrogens with zero attached hydrogens (tertiary/aromatic N) is 4. The first-order valence-electron chi connectivity index (χ1n) is 9.08. The number of halogens is 1. The summed E-state index contributed by atoms with van der Waals surface area (Å²) in [6.45, 7) is 0. The normalized spacial score (nSPS) is 15.0. The first-order chi connectivity index (χ1) is 13.3. The van der Waals surface area contributed by atoms with E-state index < -0.39 is 0 Å². The minimum absolute atomic E-state index is 0.213. The Labute approximate surface area is 155 Å². The van der Waals surface area contributed by atoms with Crippen LogP contribution in [0.2, 0.25) is 0 Å². The summed E-state index contributed by atoms with van der Waals surface area (Å²) < 4.78 is 15.8. The van der Waals surface area contributed by atoms with E-state index in [0.29, 0.717) is 23.0 Å². The molecule has 1 atom stereocenters. The molecule has 1 fully saturated rings. The minimum atomic E-state index is -0.341. The Balaban J connectivity index is 1.53. The summed E-state index contributed by atoms with van der Waals surface area (Å²) >= 11 is 0. The molecule has 2 aromatic heterocycles. The highest BCUT2D eigenvalue weighted by Crippen LogP contribution is 2.42. The summed E-state index contributed by atoms with van der Waals surface area (Å²) in [6, 6.07) is 20.9. The molecular formula is C21H18FN5. The highest BCUT2D eigenvalue weighted by Gasteiger charge is 2.32. The maximum Gasteiger partial charge on any atom is 0.188 e. The average molecular weight is 359 g/mol. The third-order valence-corrected chi connectivity index (χ3v) is 4.93. The zero-order valence-corrected chi connectivity index (χ0v) is 14.6. The molecule has 134 valence electrons. The van der Waals surface area contributed by atoms with E-state index in [1.54, 1.807) is 22.7 Å². The van der Waals surface area contributed by atoms with Gasteiger partial charge in [0.05, 0.1) is 11.6 Å². The topological polar surface area (TPSA) is 55.1 Å². The van der Waals surface area contributed by atoms with E-state index in [1.165, 1.54) is 24.5 Å². The van der Waals surface area contributed by atoms with Crippen LogP contribution in [0, 0.1) is 11.7 Å². The molecule has 5 nitrogen and oxygen atoms in total. The van der Waals surface area contributed by atoms with Crippen molar-refractivity contribution in [2.45, 2.75) is 18.9 Å². The van der Waals surface area contributed by atoms with Gasteiger partial charge in [0.25, 0.3) is 0 Å². The van der Waals surface area contributed by atoms with Gasteiger partial charge in [0.1, 0.15) is 11.6 Å². The van der Waals surface area contributed by atoms with Gasteiger partial charge in [-0.05, 0) is 48.6 Å². The third-order valence-electron chi connectivity index (χ3n) is 4.93. The molecule has 0 spiro atoms. The molecule has 0 bridgehead atoms. The molecule has 27 heavy (non-hydrogen) atoms. The molecule has 1 unspecified atom stereocenters. The van der Waals surface area contributed by atoms with Crippen LogP contribution >= 0.6 is 0 Å². The van der Waals surface area contributed by atoms with Crippen molar-refractivity contribution in [1.82, 2.24) is 19.8 Å². The highest BCUT2D eigenvalue weighted by molar-refractivity contribution is 5.60. The lowest BCUT2D eigenvalue weighted by Gasteiger charge is -2.19. The molecular weight excluding hydrogens is 341 g/mol. The number of hydrogen-bond donors (Lipinski definition) is 1. The number of nitrogens with one attached hydrogen (secondary N) is 1.